The second kappa shape index (κ2) is 6.46. The zero-order valence-corrected chi connectivity index (χ0v) is 13.9. The lowest BCUT2D eigenvalue weighted by atomic mass is 10.00. The van der Waals surface area contributed by atoms with Crippen LogP contribution in [-0.2, 0) is 20.8 Å². The molecule has 0 N–H and O–H groups in total. The maximum atomic E-state index is 13.3. The average Bonchev–Trinajstić information content (AvgIpc) is 3.31. The second-order valence-electron chi connectivity index (χ2n) is 6.83. The van der Waals surface area contributed by atoms with Crippen LogP contribution in [0, 0.1) is 11.7 Å². The van der Waals surface area contributed by atoms with Gasteiger partial charge in [0.05, 0.1) is 18.9 Å². The van der Waals surface area contributed by atoms with Crippen molar-refractivity contribution in [2.24, 2.45) is 11.1 Å². The average molecular weight is 345 g/mol. The van der Waals surface area contributed by atoms with Crippen LogP contribution in [0.15, 0.2) is 29.4 Å². The molecule has 2 saturated heterocycles. The van der Waals surface area contributed by atoms with Gasteiger partial charge in [0.25, 0.3) is 5.91 Å². The molecule has 0 aromatic heterocycles. The van der Waals surface area contributed by atoms with Gasteiger partial charge in [0, 0.05) is 19.6 Å². The standard InChI is InChI=1S/C18H20FN3O3/c19-13-5-3-4-12(8-13)9-16(23)22-10-14-15(11-22)25-20-17(14)18(24)21-6-1-2-7-21/h3-5,8,14-15H,1-2,6-7,9-11H2/t14-,15+/m0/s1. The lowest BCUT2D eigenvalue weighted by Gasteiger charge is -2.18. The van der Waals surface area contributed by atoms with E-state index in [2.05, 4.69) is 5.16 Å². The molecule has 0 spiro atoms. The molecule has 2 fully saturated rings. The maximum absolute atomic E-state index is 13.3. The monoisotopic (exact) mass is 345 g/mol. The van der Waals surface area contributed by atoms with E-state index in [4.69, 9.17) is 4.84 Å². The van der Waals surface area contributed by atoms with Crippen LogP contribution in [0.2, 0.25) is 0 Å². The maximum Gasteiger partial charge on any atom is 0.272 e. The Morgan fingerprint density at radius 3 is 2.76 bits per heavy atom. The molecule has 2 amide bonds. The van der Waals surface area contributed by atoms with Gasteiger partial charge in [-0.25, -0.2) is 4.39 Å². The van der Waals surface area contributed by atoms with Crippen LogP contribution in [0.5, 0.6) is 0 Å². The Kier molecular flexibility index (Phi) is 4.15. The molecule has 4 rings (SSSR count). The summed E-state index contributed by atoms with van der Waals surface area (Å²) in [5, 5.41) is 3.99. The number of carbonyl (C=O) groups is 2. The molecule has 0 radical (unpaired) electrons. The highest BCUT2D eigenvalue weighted by Gasteiger charge is 2.47. The van der Waals surface area contributed by atoms with Crippen molar-refractivity contribution in [3.63, 3.8) is 0 Å². The van der Waals surface area contributed by atoms with E-state index >= 15 is 0 Å². The number of carbonyl (C=O) groups excluding carboxylic acids is 2. The molecule has 0 unspecified atom stereocenters. The van der Waals surface area contributed by atoms with Crippen molar-refractivity contribution in [1.82, 2.24) is 9.80 Å². The molecule has 0 saturated carbocycles. The Labute approximate surface area is 145 Å². The van der Waals surface area contributed by atoms with Crippen LogP contribution in [0.4, 0.5) is 4.39 Å². The van der Waals surface area contributed by atoms with E-state index in [1.807, 2.05) is 4.90 Å². The van der Waals surface area contributed by atoms with Gasteiger partial charge >= 0.3 is 0 Å². The van der Waals surface area contributed by atoms with Crippen molar-refractivity contribution in [3.05, 3.63) is 35.6 Å². The van der Waals surface area contributed by atoms with Gasteiger partial charge in [-0.15, -0.1) is 0 Å². The smallest absolute Gasteiger partial charge is 0.272 e. The second-order valence-corrected chi connectivity index (χ2v) is 6.83. The highest BCUT2D eigenvalue weighted by molar-refractivity contribution is 6.40. The molecule has 25 heavy (non-hydrogen) atoms. The van der Waals surface area contributed by atoms with Gasteiger partial charge in [-0.1, -0.05) is 17.3 Å². The third-order valence-corrected chi connectivity index (χ3v) is 5.11. The molecule has 3 aliphatic heterocycles. The first kappa shape index (κ1) is 16.1. The van der Waals surface area contributed by atoms with E-state index in [-0.39, 0.29) is 36.1 Å². The van der Waals surface area contributed by atoms with Gasteiger partial charge in [-0.05, 0) is 30.5 Å². The fourth-order valence-corrected chi connectivity index (χ4v) is 3.75. The molecule has 7 heteroatoms. The van der Waals surface area contributed by atoms with E-state index in [1.54, 1.807) is 17.0 Å². The number of rotatable bonds is 3. The lowest BCUT2D eigenvalue weighted by molar-refractivity contribution is -0.130. The van der Waals surface area contributed by atoms with E-state index in [9.17, 15) is 14.0 Å². The number of likely N-dealkylation sites (tertiary alicyclic amines) is 2. The van der Waals surface area contributed by atoms with Gasteiger partial charge in [0.1, 0.15) is 5.82 Å². The van der Waals surface area contributed by atoms with Crippen LogP contribution in [0.1, 0.15) is 18.4 Å². The predicted molar refractivity (Wildman–Crippen MR) is 88.3 cm³/mol. The minimum atomic E-state index is -0.349. The van der Waals surface area contributed by atoms with E-state index in [0.29, 0.717) is 24.4 Å². The Hall–Kier alpha value is -2.44. The molecule has 6 nitrogen and oxygen atoms in total. The Balaban J connectivity index is 1.40. The molecule has 3 aliphatic rings. The molecule has 0 bridgehead atoms. The van der Waals surface area contributed by atoms with Gasteiger partial charge in [-0.3, -0.25) is 9.59 Å². The number of amides is 2. The number of halogens is 1. The van der Waals surface area contributed by atoms with Gasteiger partial charge in [0.2, 0.25) is 5.91 Å². The largest absolute Gasteiger partial charge is 0.389 e. The molecule has 1 aromatic rings. The van der Waals surface area contributed by atoms with Crippen molar-refractivity contribution < 1.29 is 18.8 Å². The van der Waals surface area contributed by atoms with Crippen LogP contribution < -0.4 is 0 Å². The third kappa shape index (κ3) is 3.10. The van der Waals surface area contributed by atoms with Crippen molar-refractivity contribution >= 4 is 17.5 Å². The summed E-state index contributed by atoms with van der Waals surface area (Å²) in [6.07, 6.45) is 1.93. The molecule has 0 aliphatic carbocycles. The quantitative estimate of drug-likeness (QED) is 0.827. The SMILES string of the molecule is O=C(Cc1cccc(F)c1)N1C[C@@H]2C(C(=O)N3CCCC3)=NO[C@@H]2C1. The van der Waals surface area contributed by atoms with E-state index < -0.39 is 0 Å². The number of benzene rings is 1. The summed E-state index contributed by atoms with van der Waals surface area (Å²) < 4.78 is 13.3. The number of fused-ring (bicyclic) bond motifs is 1. The topological polar surface area (TPSA) is 62.2 Å². The lowest BCUT2D eigenvalue weighted by Crippen LogP contribution is -2.39. The zero-order chi connectivity index (χ0) is 17.4. The molecule has 3 heterocycles. The number of oxime groups is 1. The van der Waals surface area contributed by atoms with Crippen molar-refractivity contribution in [1.29, 1.82) is 0 Å². The fourth-order valence-electron chi connectivity index (χ4n) is 3.75. The van der Waals surface area contributed by atoms with Crippen molar-refractivity contribution in [2.75, 3.05) is 26.2 Å². The van der Waals surface area contributed by atoms with Gasteiger partial charge in [0.15, 0.2) is 11.8 Å². The highest BCUT2D eigenvalue weighted by Crippen LogP contribution is 2.29. The Bertz CT molecular complexity index is 730. The highest BCUT2D eigenvalue weighted by atomic mass is 19.1. The summed E-state index contributed by atoms with van der Waals surface area (Å²) in [4.78, 5) is 34.0. The summed E-state index contributed by atoms with van der Waals surface area (Å²) in [5.74, 6) is -0.664. The summed E-state index contributed by atoms with van der Waals surface area (Å²) in [6.45, 7) is 2.37. The van der Waals surface area contributed by atoms with Crippen molar-refractivity contribution in [3.8, 4) is 0 Å². The van der Waals surface area contributed by atoms with Crippen LogP contribution >= 0.6 is 0 Å². The normalized spacial score (nSPS) is 24.9. The fraction of sp³-hybridized carbons (Fsp3) is 0.500. The first-order valence-corrected chi connectivity index (χ1v) is 8.67. The van der Waals surface area contributed by atoms with Crippen LogP contribution in [-0.4, -0.2) is 59.6 Å². The molecule has 1 aromatic carbocycles. The minimum absolute atomic E-state index is 0.0653. The number of hydrogen-bond acceptors (Lipinski definition) is 4. The Morgan fingerprint density at radius 2 is 2.00 bits per heavy atom. The summed E-state index contributed by atoms with van der Waals surface area (Å²) >= 11 is 0. The van der Waals surface area contributed by atoms with Crippen molar-refractivity contribution in [2.45, 2.75) is 25.4 Å². The molecular weight excluding hydrogens is 325 g/mol. The number of hydrogen-bond donors (Lipinski definition) is 0. The third-order valence-electron chi connectivity index (χ3n) is 5.11. The van der Waals surface area contributed by atoms with E-state index in [0.717, 1.165) is 25.9 Å². The summed E-state index contributed by atoms with van der Waals surface area (Å²) in [5.41, 5.74) is 1.08. The predicted octanol–water partition coefficient (Wildman–Crippen LogP) is 1.20. The summed E-state index contributed by atoms with van der Waals surface area (Å²) in [7, 11) is 0. The summed E-state index contributed by atoms with van der Waals surface area (Å²) in [6, 6.07) is 6.06. The Morgan fingerprint density at radius 1 is 1.20 bits per heavy atom. The zero-order valence-electron chi connectivity index (χ0n) is 13.9. The first-order valence-electron chi connectivity index (χ1n) is 8.67. The molecular formula is C18H20FN3O3. The first-order chi connectivity index (χ1) is 12.1. The van der Waals surface area contributed by atoms with Gasteiger partial charge < -0.3 is 14.6 Å². The minimum Gasteiger partial charge on any atom is -0.389 e. The van der Waals surface area contributed by atoms with Gasteiger partial charge in [-0.2, -0.15) is 0 Å². The van der Waals surface area contributed by atoms with Crippen LogP contribution in [0.3, 0.4) is 0 Å². The molecule has 132 valence electrons. The van der Waals surface area contributed by atoms with Crippen LogP contribution in [0.25, 0.3) is 0 Å². The number of nitrogens with zero attached hydrogens (tertiary/aromatic N) is 3. The molecule has 2 atom stereocenters. The van der Waals surface area contributed by atoms with E-state index in [1.165, 1.54) is 12.1 Å².